The van der Waals surface area contributed by atoms with Crippen LogP contribution in [0.15, 0.2) is 36.5 Å². The molecule has 1 aromatic carbocycles. The number of rotatable bonds is 1. The zero-order valence-corrected chi connectivity index (χ0v) is 11.2. The molecule has 2 heterocycles. The van der Waals surface area contributed by atoms with Crippen molar-refractivity contribution in [2.75, 3.05) is 0 Å². The normalized spacial score (nSPS) is 11.1. The minimum atomic E-state index is -0.604. The van der Waals surface area contributed by atoms with E-state index in [2.05, 4.69) is 32.6 Å². The molecule has 3 aromatic rings. The topological polar surface area (TPSA) is 28.7 Å². The highest BCUT2D eigenvalue weighted by Gasteiger charge is 2.13. The number of hydrogen-bond donors (Lipinski definition) is 1. The lowest BCUT2D eigenvalue weighted by atomic mass is 10.1. The van der Waals surface area contributed by atoms with Gasteiger partial charge in [0.15, 0.2) is 0 Å². The average Bonchev–Trinajstić information content (AvgIpc) is 2.71. The fraction of sp³-hybridized carbons (Fsp3) is 0. The SMILES string of the molecule is Fc1cccc(F)c1-c1ccc2[nH]cc(I)c2n1. The Morgan fingerprint density at radius 1 is 1.06 bits per heavy atom. The number of hydrogen-bond acceptors (Lipinski definition) is 1. The molecule has 0 fully saturated rings. The molecule has 0 aliphatic rings. The first-order valence-electron chi connectivity index (χ1n) is 5.25. The summed E-state index contributed by atoms with van der Waals surface area (Å²) in [6.07, 6.45) is 1.81. The van der Waals surface area contributed by atoms with Gasteiger partial charge in [0.25, 0.3) is 0 Å². The second-order valence-corrected chi connectivity index (χ2v) is 4.99. The quantitative estimate of drug-likeness (QED) is 0.653. The minimum absolute atomic E-state index is 0.0867. The standard InChI is InChI=1S/C13H7F2IN2/c14-7-2-1-3-8(15)12(7)10-4-5-11-13(18-10)9(16)6-17-11/h1-6,17H. The number of pyridine rings is 1. The lowest BCUT2D eigenvalue weighted by molar-refractivity contribution is 0.589. The van der Waals surface area contributed by atoms with Crippen LogP contribution in [0.3, 0.4) is 0 Å². The van der Waals surface area contributed by atoms with Crippen molar-refractivity contribution in [3.63, 3.8) is 0 Å². The van der Waals surface area contributed by atoms with Gasteiger partial charge in [0.2, 0.25) is 0 Å². The van der Waals surface area contributed by atoms with Crippen LogP contribution in [0.1, 0.15) is 0 Å². The molecule has 0 amide bonds. The van der Waals surface area contributed by atoms with Crippen LogP contribution in [0, 0.1) is 15.2 Å². The summed E-state index contributed by atoms with van der Waals surface area (Å²) in [7, 11) is 0. The van der Waals surface area contributed by atoms with Crippen LogP contribution in [0.5, 0.6) is 0 Å². The third-order valence-corrected chi connectivity index (χ3v) is 3.52. The van der Waals surface area contributed by atoms with Gasteiger partial charge < -0.3 is 4.98 Å². The Morgan fingerprint density at radius 2 is 1.78 bits per heavy atom. The van der Waals surface area contributed by atoms with E-state index in [9.17, 15) is 8.78 Å². The summed E-state index contributed by atoms with van der Waals surface area (Å²) >= 11 is 2.13. The third-order valence-electron chi connectivity index (χ3n) is 2.69. The van der Waals surface area contributed by atoms with E-state index in [0.29, 0.717) is 5.69 Å². The number of nitrogens with zero attached hydrogens (tertiary/aromatic N) is 1. The smallest absolute Gasteiger partial charge is 0.135 e. The van der Waals surface area contributed by atoms with Crippen molar-refractivity contribution in [1.29, 1.82) is 0 Å². The molecule has 0 radical (unpaired) electrons. The Hall–Kier alpha value is -1.50. The van der Waals surface area contributed by atoms with Crippen LogP contribution >= 0.6 is 22.6 Å². The van der Waals surface area contributed by atoms with Crippen LogP contribution in [-0.2, 0) is 0 Å². The van der Waals surface area contributed by atoms with Crippen molar-refractivity contribution in [2.24, 2.45) is 0 Å². The molecule has 5 heteroatoms. The van der Waals surface area contributed by atoms with E-state index in [1.807, 2.05) is 0 Å². The Bertz CT molecular complexity index is 717. The third kappa shape index (κ3) is 1.78. The van der Waals surface area contributed by atoms with Crippen molar-refractivity contribution in [3.05, 3.63) is 51.7 Å². The Balaban J connectivity index is 2.28. The molecule has 0 unspecified atom stereocenters. The largest absolute Gasteiger partial charge is 0.359 e. The number of halogens is 3. The Labute approximate surface area is 115 Å². The summed E-state index contributed by atoms with van der Waals surface area (Å²) in [5.74, 6) is -1.21. The minimum Gasteiger partial charge on any atom is -0.359 e. The molecule has 2 nitrogen and oxygen atoms in total. The van der Waals surface area contributed by atoms with Gasteiger partial charge >= 0.3 is 0 Å². The van der Waals surface area contributed by atoms with Crippen LogP contribution in [0.2, 0.25) is 0 Å². The van der Waals surface area contributed by atoms with E-state index >= 15 is 0 Å². The zero-order valence-electron chi connectivity index (χ0n) is 9.05. The summed E-state index contributed by atoms with van der Waals surface area (Å²) < 4.78 is 28.3. The van der Waals surface area contributed by atoms with Gasteiger partial charge in [-0.15, -0.1) is 0 Å². The van der Waals surface area contributed by atoms with Crippen molar-refractivity contribution in [1.82, 2.24) is 9.97 Å². The zero-order chi connectivity index (χ0) is 12.7. The fourth-order valence-electron chi connectivity index (χ4n) is 1.85. The first-order chi connectivity index (χ1) is 8.66. The first kappa shape index (κ1) is 11.6. The number of aromatic amines is 1. The summed E-state index contributed by atoms with van der Waals surface area (Å²) in [5.41, 5.74) is 1.78. The average molecular weight is 356 g/mol. The molecule has 18 heavy (non-hydrogen) atoms. The Morgan fingerprint density at radius 3 is 2.50 bits per heavy atom. The highest BCUT2D eigenvalue weighted by atomic mass is 127. The summed E-state index contributed by atoms with van der Waals surface area (Å²) in [5, 5.41) is 0. The lowest BCUT2D eigenvalue weighted by Gasteiger charge is -2.04. The van der Waals surface area contributed by atoms with E-state index in [0.717, 1.165) is 14.6 Å². The van der Waals surface area contributed by atoms with Crippen molar-refractivity contribution < 1.29 is 8.78 Å². The Kier molecular flexibility index (Phi) is 2.77. The van der Waals surface area contributed by atoms with Crippen LogP contribution in [-0.4, -0.2) is 9.97 Å². The van der Waals surface area contributed by atoms with Crippen LogP contribution in [0.25, 0.3) is 22.3 Å². The maximum Gasteiger partial charge on any atom is 0.135 e. The summed E-state index contributed by atoms with van der Waals surface area (Å²) in [4.78, 5) is 7.35. The molecule has 0 atom stereocenters. The van der Waals surface area contributed by atoms with Crippen LogP contribution < -0.4 is 0 Å². The van der Waals surface area contributed by atoms with Gasteiger partial charge in [-0.1, -0.05) is 6.07 Å². The molecule has 0 saturated carbocycles. The van der Waals surface area contributed by atoms with Crippen molar-refractivity contribution in [3.8, 4) is 11.3 Å². The summed E-state index contributed by atoms with van der Waals surface area (Å²) in [6.45, 7) is 0. The van der Waals surface area contributed by atoms with Crippen molar-refractivity contribution in [2.45, 2.75) is 0 Å². The molecule has 0 aliphatic carbocycles. The van der Waals surface area contributed by atoms with Gasteiger partial charge in [0, 0.05) is 6.20 Å². The van der Waals surface area contributed by atoms with Gasteiger partial charge in [-0.05, 0) is 46.9 Å². The van der Waals surface area contributed by atoms with Crippen molar-refractivity contribution >= 4 is 33.6 Å². The maximum absolute atomic E-state index is 13.7. The van der Waals surface area contributed by atoms with E-state index in [-0.39, 0.29) is 5.56 Å². The van der Waals surface area contributed by atoms with Gasteiger partial charge in [-0.25, -0.2) is 13.8 Å². The number of H-pyrrole nitrogens is 1. The predicted octanol–water partition coefficient (Wildman–Crippen LogP) is 4.11. The van der Waals surface area contributed by atoms with E-state index < -0.39 is 11.6 Å². The molecule has 0 bridgehead atoms. The maximum atomic E-state index is 13.7. The highest BCUT2D eigenvalue weighted by molar-refractivity contribution is 14.1. The summed E-state index contributed by atoms with van der Waals surface area (Å²) in [6, 6.07) is 7.17. The number of nitrogens with one attached hydrogen (secondary N) is 1. The van der Waals surface area contributed by atoms with Gasteiger partial charge in [-0.2, -0.15) is 0 Å². The van der Waals surface area contributed by atoms with Crippen LogP contribution in [0.4, 0.5) is 8.78 Å². The molecule has 0 spiro atoms. The van der Waals surface area contributed by atoms with Gasteiger partial charge in [0.1, 0.15) is 17.2 Å². The fourth-order valence-corrected chi connectivity index (χ4v) is 2.42. The van der Waals surface area contributed by atoms with E-state index in [4.69, 9.17) is 0 Å². The van der Waals surface area contributed by atoms with Gasteiger partial charge in [-0.3, -0.25) is 0 Å². The second-order valence-electron chi connectivity index (χ2n) is 3.83. The molecule has 3 rings (SSSR count). The first-order valence-corrected chi connectivity index (χ1v) is 6.32. The molecule has 2 aromatic heterocycles. The molecular formula is C13H7F2IN2. The monoisotopic (exact) mass is 356 g/mol. The lowest BCUT2D eigenvalue weighted by Crippen LogP contribution is -1.92. The van der Waals surface area contributed by atoms with E-state index in [1.54, 1.807) is 18.3 Å². The molecule has 0 aliphatic heterocycles. The number of benzene rings is 1. The predicted molar refractivity (Wildman–Crippen MR) is 74.2 cm³/mol. The highest BCUT2D eigenvalue weighted by Crippen LogP contribution is 2.27. The molecule has 0 saturated heterocycles. The number of fused-ring (bicyclic) bond motifs is 1. The van der Waals surface area contributed by atoms with Gasteiger partial charge in [0.05, 0.1) is 20.3 Å². The van der Waals surface area contributed by atoms with E-state index in [1.165, 1.54) is 18.2 Å². The molecular weight excluding hydrogens is 349 g/mol. The molecule has 1 N–H and O–H groups in total. The number of aromatic nitrogens is 2. The molecule has 90 valence electrons. The second kappa shape index (κ2) is 4.31.